The summed E-state index contributed by atoms with van der Waals surface area (Å²) in [4.78, 5) is 15.6. The molecule has 1 aliphatic rings. The molecule has 0 bridgehead atoms. The molecule has 8 heteroatoms. The minimum absolute atomic E-state index is 0.105. The molecule has 1 N–H and O–H groups in total. The molecule has 0 aromatic heterocycles. The molecular formula is C28H32ClN3O3S. The molecule has 0 radical (unpaired) electrons. The number of halogens is 1. The van der Waals surface area contributed by atoms with Crippen molar-refractivity contribution in [1.29, 1.82) is 0 Å². The third kappa shape index (κ3) is 6.20. The highest BCUT2D eigenvalue weighted by molar-refractivity contribution is 7.92. The standard InChI is InChI=1S/C28H32ClN3O3S/c1-21-15-17-31(18-16-21)25-13-11-23(12-14-25)22(2)30-28(33)20-32(26-8-6-7-24(29)19-26)36(34,35)27-9-4-3-5-10-27/h3-14,19,21-22H,15-18,20H2,1-2H3,(H,30,33). The van der Waals surface area contributed by atoms with Gasteiger partial charge in [0.05, 0.1) is 16.6 Å². The van der Waals surface area contributed by atoms with Gasteiger partial charge in [-0.05, 0) is 73.7 Å². The number of nitrogens with one attached hydrogen (secondary N) is 1. The highest BCUT2D eigenvalue weighted by Gasteiger charge is 2.28. The van der Waals surface area contributed by atoms with Crippen LogP contribution in [0.1, 0.15) is 38.3 Å². The van der Waals surface area contributed by atoms with Crippen LogP contribution in [0, 0.1) is 5.92 Å². The second-order valence-corrected chi connectivity index (χ2v) is 11.7. The van der Waals surface area contributed by atoms with E-state index in [-0.39, 0.29) is 17.5 Å². The van der Waals surface area contributed by atoms with Crippen LogP contribution in [0.15, 0.2) is 83.8 Å². The van der Waals surface area contributed by atoms with E-state index in [2.05, 4.69) is 29.3 Å². The molecule has 3 aromatic rings. The molecule has 0 aliphatic carbocycles. The summed E-state index contributed by atoms with van der Waals surface area (Å²) in [6.07, 6.45) is 2.40. The van der Waals surface area contributed by atoms with Gasteiger partial charge in [0.1, 0.15) is 6.54 Å². The Bertz CT molecular complexity index is 1270. The van der Waals surface area contributed by atoms with Gasteiger partial charge in [-0.1, -0.05) is 54.9 Å². The molecule has 1 amide bonds. The van der Waals surface area contributed by atoms with Gasteiger partial charge in [-0.3, -0.25) is 9.10 Å². The van der Waals surface area contributed by atoms with Gasteiger partial charge in [0.2, 0.25) is 5.91 Å². The zero-order valence-corrected chi connectivity index (χ0v) is 22.2. The van der Waals surface area contributed by atoms with Crippen molar-refractivity contribution in [2.45, 2.75) is 37.6 Å². The predicted octanol–water partition coefficient (Wildman–Crippen LogP) is 5.65. The molecule has 4 rings (SSSR count). The molecule has 1 unspecified atom stereocenters. The minimum atomic E-state index is -3.98. The molecule has 1 saturated heterocycles. The number of amides is 1. The maximum Gasteiger partial charge on any atom is 0.264 e. The zero-order valence-electron chi connectivity index (χ0n) is 20.6. The molecule has 36 heavy (non-hydrogen) atoms. The topological polar surface area (TPSA) is 69.7 Å². The number of piperidine rings is 1. The van der Waals surface area contributed by atoms with E-state index in [0.29, 0.717) is 10.7 Å². The first-order valence-corrected chi connectivity index (χ1v) is 14.0. The normalized spacial score (nSPS) is 15.4. The molecule has 190 valence electrons. The van der Waals surface area contributed by atoms with Crippen molar-refractivity contribution in [3.05, 3.63) is 89.4 Å². The number of carbonyl (C=O) groups is 1. The van der Waals surface area contributed by atoms with Gasteiger partial charge in [-0.2, -0.15) is 0 Å². The van der Waals surface area contributed by atoms with Crippen LogP contribution in [0.3, 0.4) is 0 Å². The van der Waals surface area contributed by atoms with Gasteiger partial charge in [-0.15, -0.1) is 0 Å². The van der Waals surface area contributed by atoms with Crippen molar-refractivity contribution in [3.8, 4) is 0 Å². The fourth-order valence-electron chi connectivity index (χ4n) is 4.41. The first-order chi connectivity index (χ1) is 17.2. The summed E-state index contributed by atoms with van der Waals surface area (Å²) in [6.45, 7) is 5.93. The lowest BCUT2D eigenvalue weighted by atomic mass is 9.98. The second-order valence-electron chi connectivity index (χ2n) is 9.35. The summed E-state index contributed by atoms with van der Waals surface area (Å²) in [5, 5.41) is 3.33. The largest absolute Gasteiger partial charge is 0.372 e. The number of sulfonamides is 1. The molecule has 0 saturated carbocycles. The smallest absolute Gasteiger partial charge is 0.264 e. The Kier molecular flexibility index (Phi) is 8.21. The number of anilines is 2. The Morgan fingerprint density at radius 1 is 1.03 bits per heavy atom. The van der Waals surface area contributed by atoms with E-state index in [0.717, 1.165) is 28.9 Å². The van der Waals surface area contributed by atoms with Crippen LogP contribution >= 0.6 is 11.6 Å². The van der Waals surface area contributed by atoms with Crippen molar-refractivity contribution >= 4 is 38.9 Å². The summed E-state index contributed by atoms with van der Waals surface area (Å²) >= 11 is 6.14. The summed E-state index contributed by atoms with van der Waals surface area (Å²) in [6, 6.07) is 22.5. The number of benzene rings is 3. The number of carbonyl (C=O) groups excluding carboxylic acids is 1. The van der Waals surface area contributed by atoms with Crippen molar-refractivity contribution in [3.63, 3.8) is 0 Å². The monoisotopic (exact) mass is 525 g/mol. The van der Waals surface area contributed by atoms with E-state index < -0.39 is 15.9 Å². The van der Waals surface area contributed by atoms with Crippen molar-refractivity contribution < 1.29 is 13.2 Å². The maximum atomic E-state index is 13.4. The van der Waals surface area contributed by atoms with Gasteiger partial charge >= 0.3 is 0 Å². The van der Waals surface area contributed by atoms with E-state index >= 15 is 0 Å². The molecule has 1 heterocycles. The number of rotatable bonds is 8. The van der Waals surface area contributed by atoms with Crippen molar-refractivity contribution in [2.75, 3.05) is 28.8 Å². The summed E-state index contributed by atoms with van der Waals surface area (Å²) in [5.74, 6) is 0.365. The summed E-state index contributed by atoms with van der Waals surface area (Å²) in [7, 11) is -3.98. The van der Waals surface area contributed by atoms with E-state index in [9.17, 15) is 13.2 Å². The first-order valence-electron chi connectivity index (χ1n) is 12.2. The number of hydrogen-bond donors (Lipinski definition) is 1. The van der Waals surface area contributed by atoms with Crippen molar-refractivity contribution in [2.24, 2.45) is 5.92 Å². The van der Waals surface area contributed by atoms with Crippen LogP contribution in [-0.2, 0) is 14.8 Å². The zero-order chi connectivity index (χ0) is 25.7. The lowest BCUT2D eigenvalue weighted by Gasteiger charge is -2.32. The van der Waals surface area contributed by atoms with Crippen LogP contribution in [0.5, 0.6) is 0 Å². The Hall–Kier alpha value is -3.03. The average molecular weight is 526 g/mol. The lowest BCUT2D eigenvalue weighted by molar-refractivity contribution is -0.120. The maximum absolute atomic E-state index is 13.4. The van der Waals surface area contributed by atoms with E-state index in [4.69, 9.17) is 11.6 Å². The van der Waals surface area contributed by atoms with Crippen molar-refractivity contribution in [1.82, 2.24) is 5.32 Å². The quantitative estimate of drug-likeness (QED) is 0.412. The predicted molar refractivity (Wildman–Crippen MR) is 146 cm³/mol. The summed E-state index contributed by atoms with van der Waals surface area (Å²) < 4.78 is 28.0. The fraction of sp³-hybridized carbons (Fsp3) is 0.321. The van der Waals surface area contributed by atoms with Gasteiger partial charge in [-0.25, -0.2) is 8.42 Å². The second kappa shape index (κ2) is 11.4. The average Bonchev–Trinajstić information content (AvgIpc) is 2.88. The molecule has 6 nitrogen and oxygen atoms in total. The Labute approximate surface area is 218 Å². The van der Waals surface area contributed by atoms with Gasteiger partial charge in [0.15, 0.2) is 0 Å². The third-order valence-corrected chi connectivity index (χ3v) is 8.66. The number of hydrogen-bond acceptors (Lipinski definition) is 4. The van der Waals surface area contributed by atoms with Crippen LogP contribution in [0.4, 0.5) is 11.4 Å². The van der Waals surface area contributed by atoms with Crippen LogP contribution in [0.25, 0.3) is 0 Å². The summed E-state index contributed by atoms with van der Waals surface area (Å²) in [5.41, 5.74) is 2.47. The van der Waals surface area contributed by atoms with Gasteiger partial charge in [0, 0.05) is 23.8 Å². The Morgan fingerprint density at radius 2 is 1.69 bits per heavy atom. The highest BCUT2D eigenvalue weighted by atomic mass is 35.5. The Morgan fingerprint density at radius 3 is 2.33 bits per heavy atom. The first kappa shape index (κ1) is 26.0. The molecular weight excluding hydrogens is 494 g/mol. The van der Waals surface area contributed by atoms with E-state index in [1.54, 1.807) is 42.5 Å². The molecule has 1 aliphatic heterocycles. The molecule has 3 aromatic carbocycles. The van der Waals surface area contributed by atoms with Crippen LogP contribution < -0.4 is 14.5 Å². The highest BCUT2D eigenvalue weighted by Crippen LogP contribution is 2.27. The third-order valence-electron chi connectivity index (χ3n) is 6.63. The molecule has 1 atom stereocenters. The van der Waals surface area contributed by atoms with Gasteiger partial charge < -0.3 is 10.2 Å². The Balaban J connectivity index is 1.48. The molecule has 1 fully saturated rings. The van der Waals surface area contributed by atoms with E-state index in [1.807, 2.05) is 19.1 Å². The van der Waals surface area contributed by atoms with E-state index in [1.165, 1.54) is 30.7 Å². The molecule has 0 spiro atoms. The minimum Gasteiger partial charge on any atom is -0.372 e. The van der Waals surface area contributed by atoms with Crippen LogP contribution in [-0.4, -0.2) is 34.0 Å². The number of nitrogens with zero attached hydrogens (tertiary/aromatic N) is 2. The SMILES string of the molecule is CC1CCN(c2ccc(C(C)NC(=O)CN(c3cccc(Cl)c3)S(=O)(=O)c3ccccc3)cc2)CC1. The van der Waals surface area contributed by atoms with Gasteiger partial charge in [0.25, 0.3) is 10.0 Å². The van der Waals surface area contributed by atoms with Crippen LogP contribution in [0.2, 0.25) is 5.02 Å². The lowest BCUT2D eigenvalue weighted by Crippen LogP contribution is -2.41. The fourth-order valence-corrected chi connectivity index (χ4v) is 6.03.